The molecule has 0 spiro atoms. The van der Waals surface area contributed by atoms with Crippen molar-refractivity contribution < 1.29 is 9.84 Å². The van der Waals surface area contributed by atoms with Gasteiger partial charge < -0.3 is 15.2 Å². The summed E-state index contributed by atoms with van der Waals surface area (Å²) in [6, 6.07) is 7.73. The quantitative estimate of drug-likeness (QED) is 0.749. The number of ether oxygens (including phenoxy) is 1. The van der Waals surface area contributed by atoms with Gasteiger partial charge in [0.1, 0.15) is 5.75 Å². The summed E-state index contributed by atoms with van der Waals surface area (Å²) in [6.07, 6.45) is 5.02. The van der Waals surface area contributed by atoms with Gasteiger partial charge in [-0.25, -0.2) is 4.98 Å². The van der Waals surface area contributed by atoms with Crippen LogP contribution in [-0.4, -0.2) is 49.3 Å². The van der Waals surface area contributed by atoms with E-state index in [1.165, 1.54) is 0 Å². The summed E-state index contributed by atoms with van der Waals surface area (Å²) in [5.41, 5.74) is 2.12. The number of nitrogens with one attached hydrogen (secondary N) is 1. The van der Waals surface area contributed by atoms with Crippen molar-refractivity contribution in [1.82, 2.24) is 25.0 Å². The number of anilines is 1. The van der Waals surface area contributed by atoms with E-state index >= 15 is 0 Å². The first kappa shape index (κ1) is 15.8. The first-order valence-corrected chi connectivity index (χ1v) is 8.40. The van der Waals surface area contributed by atoms with Gasteiger partial charge >= 0.3 is 0 Å². The summed E-state index contributed by atoms with van der Waals surface area (Å²) >= 11 is 0. The number of hydrogen-bond acceptors (Lipinski definition) is 7. The van der Waals surface area contributed by atoms with E-state index in [4.69, 9.17) is 4.74 Å². The molecule has 8 nitrogen and oxygen atoms in total. The molecule has 0 bridgehead atoms. The van der Waals surface area contributed by atoms with E-state index in [0.29, 0.717) is 17.1 Å². The van der Waals surface area contributed by atoms with E-state index < -0.39 is 0 Å². The summed E-state index contributed by atoms with van der Waals surface area (Å²) in [5.74, 6) is 1.31. The van der Waals surface area contributed by atoms with Gasteiger partial charge in [-0.2, -0.15) is 9.67 Å². The molecule has 4 rings (SSSR count). The van der Waals surface area contributed by atoms with Crippen LogP contribution < -0.4 is 10.1 Å². The van der Waals surface area contributed by atoms with Crippen LogP contribution in [0.4, 0.5) is 5.95 Å². The van der Waals surface area contributed by atoms with Gasteiger partial charge in [-0.3, -0.25) is 0 Å². The summed E-state index contributed by atoms with van der Waals surface area (Å²) in [5, 5.41) is 21.4. The van der Waals surface area contributed by atoms with Crippen molar-refractivity contribution >= 4 is 17.1 Å². The van der Waals surface area contributed by atoms with Gasteiger partial charge in [0.15, 0.2) is 11.2 Å². The van der Waals surface area contributed by atoms with Crippen molar-refractivity contribution in [2.45, 2.75) is 37.8 Å². The lowest BCUT2D eigenvalue weighted by atomic mass is 9.93. The summed E-state index contributed by atoms with van der Waals surface area (Å²) in [4.78, 5) is 8.90. The average molecular weight is 340 g/mol. The normalized spacial score (nSPS) is 20.6. The van der Waals surface area contributed by atoms with Crippen LogP contribution in [0.15, 0.2) is 30.5 Å². The van der Waals surface area contributed by atoms with Crippen molar-refractivity contribution in [3.63, 3.8) is 0 Å². The van der Waals surface area contributed by atoms with E-state index in [1.54, 1.807) is 18.0 Å². The third kappa shape index (κ3) is 3.25. The predicted molar refractivity (Wildman–Crippen MR) is 92.9 cm³/mol. The molecule has 1 fully saturated rings. The van der Waals surface area contributed by atoms with E-state index in [1.807, 2.05) is 24.3 Å². The van der Waals surface area contributed by atoms with Gasteiger partial charge in [0.25, 0.3) is 0 Å². The highest BCUT2D eigenvalue weighted by Crippen LogP contribution is 2.22. The topological polar surface area (TPSA) is 98.0 Å². The molecule has 25 heavy (non-hydrogen) atoms. The minimum absolute atomic E-state index is 0.187. The minimum Gasteiger partial charge on any atom is -0.497 e. The maximum absolute atomic E-state index is 9.82. The fraction of sp³-hybridized carbons (Fsp3) is 0.412. The summed E-state index contributed by atoms with van der Waals surface area (Å²) in [6.45, 7) is 0. The summed E-state index contributed by atoms with van der Waals surface area (Å²) < 4.78 is 6.86. The predicted octanol–water partition coefficient (Wildman–Crippen LogP) is 1.93. The van der Waals surface area contributed by atoms with Crippen LogP contribution in [-0.2, 0) is 0 Å². The lowest BCUT2D eigenvalue weighted by Crippen LogP contribution is -2.30. The SMILES string of the molecule is COc1ccc(-n2nnc3cnc(NC4CCCC(O)C4)nc32)cc1. The second-order valence-electron chi connectivity index (χ2n) is 6.26. The van der Waals surface area contributed by atoms with Crippen molar-refractivity contribution in [3.05, 3.63) is 30.5 Å². The fourth-order valence-electron chi connectivity index (χ4n) is 3.17. The molecule has 0 radical (unpaired) electrons. The second-order valence-corrected chi connectivity index (χ2v) is 6.26. The molecule has 1 aromatic carbocycles. The third-order valence-corrected chi connectivity index (χ3v) is 4.49. The van der Waals surface area contributed by atoms with E-state index in [2.05, 4.69) is 25.6 Å². The molecule has 1 saturated carbocycles. The van der Waals surface area contributed by atoms with Crippen molar-refractivity contribution in [1.29, 1.82) is 0 Å². The Balaban J connectivity index is 1.62. The fourth-order valence-corrected chi connectivity index (χ4v) is 3.17. The number of methoxy groups -OCH3 is 1. The van der Waals surface area contributed by atoms with Crippen LogP contribution in [0.1, 0.15) is 25.7 Å². The largest absolute Gasteiger partial charge is 0.497 e. The van der Waals surface area contributed by atoms with Gasteiger partial charge in [-0.1, -0.05) is 5.21 Å². The van der Waals surface area contributed by atoms with E-state index in [9.17, 15) is 5.11 Å². The molecule has 3 aromatic rings. The van der Waals surface area contributed by atoms with Crippen LogP contribution in [0.2, 0.25) is 0 Å². The molecule has 2 atom stereocenters. The zero-order chi connectivity index (χ0) is 17.2. The molecule has 2 heterocycles. The zero-order valence-corrected chi connectivity index (χ0v) is 14.0. The number of nitrogens with zero attached hydrogens (tertiary/aromatic N) is 5. The van der Waals surface area contributed by atoms with Crippen LogP contribution in [0, 0.1) is 0 Å². The molecule has 2 N–H and O–H groups in total. The Hall–Kier alpha value is -2.74. The molecule has 0 amide bonds. The van der Waals surface area contributed by atoms with E-state index in [-0.39, 0.29) is 12.1 Å². The highest BCUT2D eigenvalue weighted by Gasteiger charge is 2.21. The van der Waals surface area contributed by atoms with Gasteiger partial charge in [0, 0.05) is 6.04 Å². The Morgan fingerprint density at radius 2 is 2.08 bits per heavy atom. The van der Waals surface area contributed by atoms with Crippen LogP contribution in [0.3, 0.4) is 0 Å². The molecule has 2 unspecified atom stereocenters. The highest BCUT2D eigenvalue weighted by atomic mass is 16.5. The standard InChI is InChI=1S/C17H20N6O2/c1-25-14-7-5-12(6-8-14)23-16-15(21-22-23)10-18-17(20-16)19-11-3-2-4-13(24)9-11/h5-8,10-11,13,24H,2-4,9H2,1H3,(H,18,19,20). The molecule has 0 aliphatic heterocycles. The van der Waals surface area contributed by atoms with Crippen LogP contribution in [0.5, 0.6) is 5.75 Å². The third-order valence-electron chi connectivity index (χ3n) is 4.49. The Labute approximate surface area is 144 Å². The Morgan fingerprint density at radius 3 is 2.84 bits per heavy atom. The first-order valence-electron chi connectivity index (χ1n) is 8.40. The monoisotopic (exact) mass is 340 g/mol. The highest BCUT2D eigenvalue weighted by molar-refractivity contribution is 5.72. The molecule has 1 aliphatic rings. The number of hydrogen-bond donors (Lipinski definition) is 2. The average Bonchev–Trinajstić information content (AvgIpc) is 3.05. The smallest absolute Gasteiger partial charge is 0.225 e. The number of rotatable bonds is 4. The number of fused-ring (bicyclic) bond motifs is 1. The molecule has 1 aliphatic carbocycles. The molecular formula is C17H20N6O2. The van der Waals surface area contributed by atoms with Gasteiger partial charge in [0.05, 0.1) is 25.1 Å². The Bertz CT molecular complexity index is 863. The molecule has 130 valence electrons. The van der Waals surface area contributed by atoms with Crippen molar-refractivity contribution in [2.24, 2.45) is 0 Å². The summed E-state index contributed by atoms with van der Waals surface area (Å²) in [7, 11) is 1.63. The molecule has 0 saturated heterocycles. The van der Waals surface area contributed by atoms with Crippen LogP contribution in [0.25, 0.3) is 16.9 Å². The number of aliphatic hydroxyl groups is 1. The zero-order valence-electron chi connectivity index (χ0n) is 14.0. The van der Waals surface area contributed by atoms with Crippen molar-refractivity contribution in [2.75, 3.05) is 12.4 Å². The number of benzene rings is 1. The number of aromatic nitrogens is 5. The first-order chi connectivity index (χ1) is 12.2. The lowest BCUT2D eigenvalue weighted by molar-refractivity contribution is 0.124. The Kier molecular flexibility index (Phi) is 4.19. The second kappa shape index (κ2) is 6.64. The lowest BCUT2D eigenvalue weighted by Gasteiger charge is -2.26. The number of aliphatic hydroxyl groups excluding tert-OH is 1. The van der Waals surface area contributed by atoms with E-state index in [0.717, 1.165) is 37.1 Å². The van der Waals surface area contributed by atoms with Gasteiger partial charge in [-0.05, 0) is 49.9 Å². The molecule has 8 heteroatoms. The molecular weight excluding hydrogens is 320 g/mol. The maximum Gasteiger partial charge on any atom is 0.225 e. The van der Waals surface area contributed by atoms with Crippen LogP contribution >= 0.6 is 0 Å². The van der Waals surface area contributed by atoms with Gasteiger partial charge in [-0.15, -0.1) is 5.10 Å². The van der Waals surface area contributed by atoms with Crippen molar-refractivity contribution in [3.8, 4) is 11.4 Å². The Morgan fingerprint density at radius 1 is 1.24 bits per heavy atom. The molecule has 2 aromatic heterocycles. The van der Waals surface area contributed by atoms with Gasteiger partial charge in [0.2, 0.25) is 5.95 Å². The maximum atomic E-state index is 9.82. The minimum atomic E-state index is -0.249.